The first kappa shape index (κ1) is 21.2. The van der Waals surface area contributed by atoms with Gasteiger partial charge in [0.1, 0.15) is 4.83 Å². The van der Waals surface area contributed by atoms with Gasteiger partial charge in [-0.15, -0.1) is 11.3 Å². The zero-order valence-corrected chi connectivity index (χ0v) is 19.9. The molecule has 2 aromatic carbocycles. The lowest BCUT2D eigenvalue weighted by molar-refractivity contribution is -0.116. The number of hydrogen-bond acceptors (Lipinski definition) is 5. The van der Waals surface area contributed by atoms with Crippen LogP contribution in [0.3, 0.4) is 0 Å². The highest BCUT2D eigenvalue weighted by molar-refractivity contribution is 7.99. The smallest absolute Gasteiger partial charge is 0.262 e. The Balaban J connectivity index is 1.43. The fraction of sp³-hybridized carbons (Fsp3) is 0.320. The number of carbonyl (C=O) groups is 1. The third-order valence-corrected chi connectivity index (χ3v) is 8.36. The summed E-state index contributed by atoms with van der Waals surface area (Å²) in [6.07, 6.45) is 4.32. The number of aromatic nitrogens is 2. The highest BCUT2D eigenvalue weighted by Gasteiger charge is 2.22. The summed E-state index contributed by atoms with van der Waals surface area (Å²) in [6.45, 7) is 2.57. The molecule has 2 heterocycles. The van der Waals surface area contributed by atoms with Gasteiger partial charge in [0.05, 0.1) is 16.8 Å². The van der Waals surface area contributed by atoms with E-state index in [2.05, 4.69) is 12.1 Å². The first-order valence-corrected chi connectivity index (χ1v) is 12.8. The van der Waals surface area contributed by atoms with Gasteiger partial charge >= 0.3 is 0 Å². The van der Waals surface area contributed by atoms with Crippen molar-refractivity contribution in [2.45, 2.75) is 37.8 Å². The fourth-order valence-corrected chi connectivity index (χ4v) is 6.68. The molecule has 4 aromatic rings. The van der Waals surface area contributed by atoms with E-state index in [0.717, 1.165) is 45.9 Å². The van der Waals surface area contributed by atoms with Crippen molar-refractivity contribution in [3.63, 3.8) is 0 Å². The molecular weight excluding hydrogens is 438 g/mol. The molecule has 0 atom stereocenters. The Kier molecular flexibility index (Phi) is 5.78. The van der Waals surface area contributed by atoms with Crippen LogP contribution in [0.4, 0.5) is 5.69 Å². The fourth-order valence-electron chi connectivity index (χ4n) is 4.53. The van der Waals surface area contributed by atoms with Crippen molar-refractivity contribution in [2.75, 3.05) is 17.2 Å². The summed E-state index contributed by atoms with van der Waals surface area (Å²) < 4.78 is 1.61. The van der Waals surface area contributed by atoms with Crippen LogP contribution in [0.5, 0.6) is 0 Å². The molecule has 0 aliphatic heterocycles. The van der Waals surface area contributed by atoms with E-state index in [-0.39, 0.29) is 17.2 Å². The number of thioether (sulfide) groups is 1. The topological polar surface area (TPSA) is 55.2 Å². The van der Waals surface area contributed by atoms with E-state index in [1.54, 1.807) is 23.0 Å². The van der Waals surface area contributed by atoms with E-state index in [9.17, 15) is 9.59 Å². The zero-order valence-electron chi connectivity index (χ0n) is 18.3. The normalized spacial score (nSPS) is 13.4. The molecule has 5 rings (SSSR count). The maximum atomic E-state index is 13.2. The highest BCUT2D eigenvalue weighted by atomic mass is 32.2. The van der Waals surface area contributed by atoms with Crippen molar-refractivity contribution in [1.29, 1.82) is 0 Å². The van der Waals surface area contributed by atoms with Gasteiger partial charge in [-0.1, -0.05) is 48.2 Å². The van der Waals surface area contributed by atoms with Gasteiger partial charge in [0.2, 0.25) is 5.91 Å². The van der Waals surface area contributed by atoms with Crippen LogP contribution in [0.15, 0.2) is 52.4 Å². The van der Waals surface area contributed by atoms with E-state index in [1.165, 1.54) is 28.6 Å². The molecule has 1 amide bonds. The maximum Gasteiger partial charge on any atom is 0.262 e. The predicted molar refractivity (Wildman–Crippen MR) is 134 cm³/mol. The lowest BCUT2D eigenvalue weighted by Crippen LogP contribution is -2.32. The molecule has 0 unspecified atom stereocenters. The van der Waals surface area contributed by atoms with Gasteiger partial charge in [-0.25, -0.2) is 4.98 Å². The molecule has 0 fully saturated rings. The Morgan fingerprint density at radius 2 is 1.94 bits per heavy atom. The largest absolute Gasteiger partial charge is 0.311 e. The average Bonchev–Trinajstić information content (AvgIpc) is 3.19. The van der Waals surface area contributed by atoms with Gasteiger partial charge in [-0.2, -0.15) is 0 Å². The van der Waals surface area contributed by atoms with Crippen LogP contribution in [0.2, 0.25) is 0 Å². The number of carbonyl (C=O) groups excluding carboxylic acids is 1. The predicted octanol–water partition coefficient (Wildman–Crippen LogP) is 5.17. The molecule has 7 heteroatoms. The Morgan fingerprint density at radius 1 is 1.16 bits per heavy atom. The summed E-state index contributed by atoms with van der Waals surface area (Å²) in [4.78, 5) is 35.0. The van der Waals surface area contributed by atoms with E-state index in [0.29, 0.717) is 11.7 Å². The summed E-state index contributed by atoms with van der Waals surface area (Å²) >= 11 is 2.99. The molecule has 0 bridgehead atoms. The molecule has 2 aromatic heterocycles. The number of benzene rings is 2. The molecular formula is C25H25N3O2S2. The van der Waals surface area contributed by atoms with Gasteiger partial charge in [-0.3, -0.25) is 14.2 Å². The van der Waals surface area contributed by atoms with Gasteiger partial charge in [0, 0.05) is 23.9 Å². The number of thiophene rings is 1. The molecule has 0 N–H and O–H groups in total. The first-order valence-electron chi connectivity index (χ1n) is 11.0. The van der Waals surface area contributed by atoms with Crippen LogP contribution in [0.25, 0.3) is 21.0 Å². The zero-order chi connectivity index (χ0) is 22.2. The summed E-state index contributed by atoms with van der Waals surface area (Å²) in [5.41, 5.74) is 2.12. The number of aryl methyl sites for hydroxylation is 2. The molecule has 0 spiro atoms. The second-order valence-electron chi connectivity index (χ2n) is 8.07. The van der Waals surface area contributed by atoms with Gasteiger partial charge < -0.3 is 4.90 Å². The third-order valence-electron chi connectivity index (χ3n) is 6.15. The number of anilines is 1. The van der Waals surface area contributed by atoms with Crippen LogP contribution in [0.1, 0.15) is 30.2 Å². The first-order chi connectivity index (χ1) is 15.6. The van der Waals surface area contributed by atoms with E-state index in [1.807, 2.05) is 42.2 Å². The van der Waals surface area contributed by atoms with Gasteiger partial charge in [0.15, 0.2) is 5.16 Å². The summed E-state index contributed by atoms with van der Waals surface area (Å²) in [5, 5.41) is 3.56. The van der Waals surface area contributed by atoms with Crippen LogP contribution in [-0.4, -0.2) is 27.8 Å². The quantitative estimate of drug-likeness (QED) is 0.303. The Hall–Kier alpha value is -2.64. The Bertz CT molecular complexity index is 1380. The standard InChI is InChI=1S/C25H25N3O2S2/c1-3-28(19-13-8-10-16-9-4-5-11-17(16)19)21(29)15-31-25-26-23-22(24(30)27(25)2)18-12-6-7-14-20(18)32-23/h4-5,8-11,13H,3,6-7,12,14-15H2,1-2H3. The Morgan fingerprint density at radius 3 is 2.78 bits per heavy atom. The minimum absolute atomic E-state index is 0.00532. The van der Waals surface area contributed by atoms with Crippen molar-refractivity contribution in [2.24, 2.45) is 7.05 Å². The summed E-state index contributed by atoms with van der Waals surface area (Å²) in [7, 11) is 1.76. The highest BCUT2D eigenvalue weighted by Crippen LogP contribution is 2.34. The second-order valence-corrected chi connectivity index (χ2v) is 10.1. The molecule has 1 aliphatic rings. The lowest BCUT2D eigenvalue weighted by atomic mass is 9.97. The summed E-state index contributed by atoms with van der Waals surface area (Å²) in [5.74, 6) is 0.238. The molecule has 1 aliphatic carbocycles. The second kappa shape index (κ2) is 8.71. The lowest BCUT2D eigenvalue weighted by Gasteiger charge is -2.22. The summed E-state index contributed by atoms with van der Waals surface area (Å²) in [6, 6.07) is 14.1. The van der Waals surface area contributed by atoms with Gasteiger partial charge in [-0.05, 0) is 49.6 Å². The molecule has 5 nitrogen and oxygen atoms in total. The van der Waals surface area contributed by atoms with Crippen molar-refractivity contribution in [3.05, 3.63) is 63.3 Å². The number of rotatable bonds is 5. The van der Waals surface area contributed by atoms with Crippen molar-refractivity contribution in [3.8, 4) is 0 Å². The average molecular weight is 464 g/mol. The van der Waals surface area contributed by atoms with E-state index in [4.69, 9.17) is 4.98 Å². The minimum Gasteiger partial charge on any atom is -0.311 e. The molecule has 164 valence electrons. The van der Waals surface area contributed by atoms with E-state index < -0.39 is 0 Å². The van der Waals surface area contributed by atoms with Crippen LogP contribution >= 0.6 is 23.1 Å². The van der Waals surface area contributed by atoms with E-state index >= 15 is 0 Å². The Labute approximate surface area is 195 Å². The van der Waals surface area contributed by atoms with Gasteiger partial charge in [0.25, 0.3) is 5.56 Å². The maximum absolute atomic E-state index is 13.2. The monoisotopic (exact) mass is 463 g/mol. The van der Waals surface area contributed by atoms with Crippen LogP contribution in [-0.2, 0) is 24.7 Å². The minimum atomic E-state index is 0.00532. The van der Waals surface area contributed by atoms with Crippen molar-refractivity contribution >= 4 is 55.7 Å². The molecule has 0 saturated heterocycles. The van der Waals surface area contributed by atoms with Crippen LogP contribution in [0, 0.1) is 0 Å². The van der Waals surface area contributed by atoms with Crippen molar-refractivity contribution < 1.29 is 4.79 Å². The number of amides is 1. The number of hydrogen-bond donors (Lipinski definition) is 0. The van der Waals surface area contributed by atoms with Crippen LogP contribution < -0.4 is 10.5 Å². The SMILES string of the molecule is CCN(C(=O)CSc1nc2sc3c(c2c(=O)n1C)CCCC3)c1cccc2ccccc12. The number of nitrogens with zero attached hydrogens (tertiary/aromatic N) is 3. The molecule has 0 saturated carbocycles. The van der Waals surface area contributed by atoms with Crippen molar-refractivity contribution in [1.82, 2.24) is 9.55 Å². The number of fused-ring (bicyclic) bond motifs is 4. The third kappa shape index (κ3) is 3.63. The molecule has 0 radical (unpaired) electrons. The molecule has 32 heavy (non-hydrogen) atoms.